The summed E-state index contributed by atoms with van der Waals surface area (Å²) in [4.78, 5) is 0. The fraction of sp³-hybridized carbons (Fsp3) is 0.417. The van der Waals surface area contributed by atoms with Crippen molar-refractivity contribution in [1.82, 2.24) is 0 Å². The van der Waals surface area contributed by atoms with Gasteiger partial charge < -0.3 is 5.41 Å². The lowest BCUT2D eigenvalue weighted by molar-refractivity contribution is 0.845. The number of rotatable bonds is 1. The van der Waals surface area contributed by atoms with Crippen LogP contribution in [-0.4, -0.2) is 5.71 Å². The van der Waals surface area contributed by atoms with Gasteiger partial charge in [0.05, 0.1) is 0 Å². The molecule has 0 saturated heterocycles. The minimum atomic E-state index is 0.334. The molecule has 1 heteroatoms. The highest BCUT2D eigenvalue weighted by molar-refractivity contribution is 5.98. The Labute approximate surface area is 79.3 Å². The molecule has 0 heterocycles. The number of fused-ring (bicyclic) bond motifs is 1. The lowest BCUT2D eigenvalue weighted by Crippen LogP contribution is -2.06. The molecule has 13 heavy (non-hydrogen) atoms. The molecule has 2 atom stereocenters. The molecule has 2 unspecified atom stereocenters. The number of hydrogen-bond donors (Lipinski definition) is 1. The van der Waals surface area contributed by atoms with E-state index < -0.39 is 0 Å². The maximum absolute atomic E-state index is 8.00. The van der Waals surface area contributed by atoms with Crippen LogP contribution in [-0.2, 0) is 0 Å². The standard InChI is InChI=1S/C12H15N/c1-3-9-11-7-5-4-6-10(11)8(2)12(9)13/h4-9,13H,3H2,1-2H3. The Morgan fingerprint density at radius 3 is 2.46 bits per heavy atom. The molecule has 1 aliphatic carbocycles. The van der Waals surface area contributed by atoms with Gasteiger partial charge in [-0.25, -0.2) is 0 Å². The molecule has 1 aromatic rings. The first-order valence-corrected chi connectivity index (χ1v) is 4.92. The Morgan fingerprint density at radius 2 is 1.85 bits per heavy atom. The summed E-state index contributed by atoms with van der Waals surface area (Å²) in [5, 5.41) is 8.00. The summed E-state index contributed by atoms with van der Waals surface area (Å²) in [6.45, 7) is 4.30. The second kappa shape index (κ2) is 2.99. The predicted molar refractivity (Wildman–Crippen MR) is 55.6 cm³/mol. The molecule has 0 radical (unpaired) electrons. The smallest absolute Gasteiger partial charge is 0.0236 e. The normalized spacial score (nSPS) is 26.2. The van der Waals surface area contributed by atoms with Crippen LogP contribution in [0.1, 0.15) is 43.2 Å². The first-order valence-electron chi connectivity index (χ1n) is 4.92. The minimum Gasteiger partial charge on any atom is -0.308 e. The molecule has 1 nitrogen and oxygen atoms in total. The van der Waals surface area contributed by atoms with Gasteiger partial charge in [0, 0.05) is 17.5 Å². The van der Waals surface area contributed by atoms with Crippen LogP contribution in [0.5, 0.6) is 0 Å². The van der Waals surface area contributed by atoms with Gasteiger partial charge in [0.15, 0.2) is 0 Å². The van der Waals surface area contributed by atoms with Gasteiger partial charge in [0.1, 0.15) is 0 Å². The molecular formula is C12H15N. The topological polar surface area (TPSA) is 23.9 Å². The fourth-order valence-electron chi connectivity index (χ4n) is 2.30. The highest BCUT2D eigenvalue weighted by Gasteiger charge is 2.31. The molecule has 2 rings (SSSR count). The van der Waals surface area contributed by atoms with Gasteiger partial charge in [-0.05, 0) is 17.5 Å². The van der Waals surface area contributed by atoms with Crippen molar-refractivity contribution in [1.29, 1.82) is 5.41 Å². The summed E-state index contributed by atoms with van der Waals surface area (Å²) in [6.07, 6.45) is 1.06. The lowest BCUT2D eigenvalue weighted by atomic mass is 9.97. The van der Waals surface area contributed by atoms with Gasteiger partial charge in [-0.2, -0.15) is 0 Å². The maximum atomic E-state index is 8.00. The molecule has 68 valence electrons. The fourth-order valence-corrected chi connectivity index (χ4v) is 2.30. The predicted octanol–water partition coefficient (Wildman–Crippen LogP) is 3.32. The van der Waals surface area contributed by atoms with Crippen LogP contribution in [0.4, 0.5) is 0 Å². The Balaban J connectivity index is 2.53. The van der Waals surface area contributed by atoms with Crippen molar-refractivity contribution in [2.75, 3.05) is 0 Å². The Bertz CT molecular complexity index is 341. The van der Waals surface area contributed by atoms with Crippen LogP contribution in [0.2, 0.25) is 0 Å². The zero-order valence-corrected chi connectivity index (χ0v) is 8.17. The molecule has 1 N–H and O–H groups in total. The number of hydrogen-bond acceptors (Lipinski definition) is 1. The minimum absolute atomic E-state index is 0.334. The van der Waals surface area contributed by atoms with Crippen molar-refractivity contribution >= 4 is 5.71 Å². The van der Waals surface area contributed by atoms with E-state index in [9.17, 15) is 0 Å². The van der Waals surface area contributed by atoms with Crippen molar-refractivity contribution in [2.45, 2.75) is 32.1 Å². The van der Waals surface area contributed by atoms with Crippen LogP contribution in [0, 0.1) is 5.41 Å². The third kappa shape index (κ3) is 1.11. The van der Waals surface area contributed by atoms with Crippen molar-refractivity contribution < 1.29 is 0 Å². The van der Waals surface area contributed by atoms with E-state index in [0.717, 1.165) is 12.1 Å². The van der Waals surface area contributed by atoms with Crippen LogP contribution < -0.4 is 0 Å². The summed E-state index contributed by atoms with van der Waals surface area (Å²) >= 11 is 0. The molecule has 1 aliphatic rings. The van der Waals surface area contributed by atoms with Gasteiger partial charge >= 0.3 is 0 Å². The SMILES string of the molecule is CCC1C(=N)C(C)c2ccccc21. The first kappa shape index (κ1) is 8.49. The highest BCUT2D eigenvalue weighted by atomic mass is 14.5. The second-order valence-corrected chi connectivity index (χ2v) is 3.77. The maximum Gasteiger partial charge on any atom is 0.0236 e. The van der Waals surface area contributed by atoms with Crippen LogP contribution >= 0.6 is 0 Å². The van der Waals surface area contributed by atoms with E-state index in [1.54, 1.807) is 0 Å². The van der Waals surface area contributed by atoms with Crippen LogP contribution in [0.25, 0.3) is 0 Å². The van der Waals surface area contributed by atoms with Gasteiger partial charge in [-0.1, -0.05) is 38.1 Å². The highest BCUT2D eigenvalue weighted by Crippen LogP contribution is 2.39. The number of benzene rings is 1. The van der Waals surface area contributed by atoms with Crippen molar-refractivity contribution in [3.63, 3.8) is 0 Å². The van der Waals surface area contributed by atoms with E-state index in [1.807, 2.05) is 0 Å². The van der Waals surface area contributed by atoms with E-state index in [0.29, 0.717) is 11.8 Å². The Kier molecular flexibility index (Phi) is 1.95. The van der Waals surface area contributed by atoms with E-state index in [4.69, 9.17) is 5.41 Å². The van der Waals surface area contributed by atoms with Crippen LogP contribution in [0.15, 0.2) is 24.3 Å². The Hall–Kier alpha value is -1.11. The largest absolute Gasteiger partial charge is 0.308 e. The van der Waals surface area contributed by atoms with Gasteiger partial charge in [-0.3, -0.25) is 0 Å². The summed E-state index contributed by atoms with van der Waals surface area (Å²) in [6, 6.07) is 8.47. The second-order valence-electron chi connectivity index (χ2n) is 3.77. The monoisotopic (exact) mass is 173 g/mol. The molecule has 1 aromatic carbocycles. The van der Waals surface area contributed by atoms with Crippen molar-refractivity contribution in [2.24, 2.45) is 0 Å². The van der Waals surface area contributed by atoms with E-state index in [-0.39, 0.29) is 0 Å². The lowest BCUT2D eigenvalue weighted by Gasteiger charge is -2.08. The van der Waals surface area contributed by atoms with Gasteiger partial charge in [-0.15, -0.1) is 0 Å². The molecule has 0 aromatic heterocycles. The number of nitrogens with one attached hydrogen (secondary N) is 1. The average molecular weight is 173 g/mol. The molecular weight excluding hydrogens is 158 g/mol. The molecule has 0 aliphatic heterocycles. The average Bonchev–Trinajstić information content (AvgIpc) is 2.41. The zero-order valence-electron chi connectivity index (χ0n) is 8.17. The van der Waals surface area contributed by atoms with E-state index >= 15 is 0 Å². The van der Waals surface area contributed by atoms with Crippen LogP contribution in [0.3, 0.4) is 0 Å². The molecule has 0 amide bonds. The summed E-state index contributed by atoms with van der Waals surface area (Å²) in [5.41, 5.74) is 3.63. The third-order valence-corrected chi connectivity index (χ3v) is 3.09. The quantitative estimate of drug-likeness (QED) is 0.673. The first-order chi connectivity index (χ1) is 6.25. The van der Waals surface area contributed by atoms with E-state index in [1.165, 1.54) is 11.1 Å². The molecule has 0 spiro atoms. The molecule has 0 fully saturated rings. The summed E-state index contributed by atoms with van der Waals surface area (Å²) < 4.78 is 0. The summed E-state index contributed by atoms with van der Waals surface area (Å²) in [7, 11) is 0. The van der Waals surface area contributed by atoms with E-state index in [2.05, 4.69) is 38.1 Å². The molecule has 0 saturated carbocycles. The zero-order chi connectivity index (χ0) is 9.42. The molecule has 0 bridgehead atoms. The Morgan fingerprint density at radius 1 is 1.23 bits per heavy atom. The van der Waals surface area contributed by atoms with Crippen molar-refractivity contribution in [3.05, 3.63) is 35.4 Å². The van der Waals surface area contributed by atoms with Gasteiger partial charge in [0.25, 0.3) is 0 Å². The van der Waals surface area contributed by atoms with Gasteiger partial charge in [0.2, 0.25) is 0 Å². The summed E-state index contributed by atoms with van der Waals surface area (Å²) in [5.74, 6) is 0.715. The third-order valence-electron chi connectivity index (χ3n) is 3.09. The van der Waals surface area contributed by atoms with Crippen molar-refractivity contribution in [3.8, 4) is 0 Å².